The molecule has 0 fully saturated rings. The quantitative estimate of drug-likeness (QED) is 0.662. The Kier molecular flexibility index (Phi) is 5.57. The van der Waals surface area contributed by atoms with Crippen molar-refractivity contribution in [1.82, 2.24) is 0 Å². The minimum absolute atomic E-state index is 0.289. The summed E-state index contributed by atoms with van der Waals surface area (Å²) < 4.78 is 0. The zero-order valence-electron chi connectivity index (χ0n) is 10.7. The molecule has 0 unspecified atom stereocenters. The summed E-state index contributed by atoms with van der Waals surface area (Å²) in [5.41, 5.74) is -0.343. The van der Waals surface area contributed by atoms with E-state index in [1.54, 1.807) is 30.3 Å². The third-order valence-corrected chi connectivity index (χ3v) is 2.35. The van der Waals surface area contributed by atoms with Crippen LogP contribution in [0.5, 0.6) is 0 Å². The lowest BCUT2D eigenvalue weighted by atomic mass is 10.2. The average molecular weight is 289 g/mol. The molecular weight excluding hydrogens is 278 g/mol. The van der Waals surface area contributed by atoms with Crippen LogP contribution in [-0.4, -0.2) is 27.1 Å². The van der Waals surface area contributed by atoms with Gasteiger partial charge in [0.15, 0.2) is 0 Å². The summed E-state index contributed by atoms with van der Waals surface area (Å²) in [7, 11) is 0. The molecule has 2 aromatic carbocycles. The summed E-state index contributed by atoms with van der Waals surface area (Å²) in [6, 6.07) is 13.5. The SMILES string of the molecule is O=C(O)c1ccccc1.O=C(O)c1ccccc1[N+](=O)[O-]. The first-order valence-electron chi connectivity index (χ1n) is 5.68. The normalized spacial score (nSPS) is 9.14. The van der Waals surface area contributed by atoms with E-state index in [9.17, 15) is 19.7 Å². The van der Waals surface area contributed by atoms with E-state index in [0.717, 1.165) is 6.07 Å². The molecule has 0 atom stereocenters. The van der Waals surface area contributed by atoms with Crippen molar-refractivity contribution in [3.8, 4) is 0 Å². The number of para-hydroxylation sites is 1. The number of carbonyl (C=O) groups is 2. The first-order valence-corrected chi connectivity index (χ1v) is 5.68. The molecule has 0 aliphatic carbocycles. The van der Waals surface area contributed by atoms with Gasteiger partial charge in [0.1, 0.15) is 5.56 Å². The lowest BCUT2D eigenvalue weighted by Crippen LogP contribution is -2.01. The zero-order chi connectivity index (χ0) is 15.8. The monoisotopic (exact) mass is 289 g/mol. The van der Waals surface area contributed by atoms with Crippen LogP contribution in [0, 0.1) is 10.1 Å². The van der Waals surface area contributed by atoms with Crippen molar-refractivity contribution in [3.05, 3.63) is 75.8 Å². The Balaban J connectivity index is 0.000000219. The van der Waals surface area contributed by atoms with E-state index in [1.807, 2.05) is 0 Å². The van der Waals surface area contributed by atoms with Crippen LogP contribution in [0.2, 0.25) is 0 Å². The molecule has 2 rings (SSSR count). The zero-order valence-corrected chi connectivity index (χ0v) is 10.7. The van der Waals surface area contributed by atoms with Gasteiger partial charge in [0.2, 0.25) is 0 Å². The number of aromatic carboxylic acids is 2. The molecular formula is C14H11NO6. The smallest absolute Gasteiger partial charge is 0.342 e. The maximum absolute atomic E-state index is 10.4. The van der Waals surface area contributed by atoms with Crippen molar-refractivity contribution in [2.24, 2.45) is 0 Å². The fraction of sp³-hybridized carbons (Fsp3) is 0. The Hall–Kier alpha value is -3.22. The second-order valence-electron chi connectivity index (χ2n) is 3.75. The van der Waals surface area contributed by atoms with Gasteiger partial charge < -0.3 is 10.2 Å². The highest BCUT2D eigenvalue weighted by atomic mass is 16.6. The number of nitrogens with zero attached hydrogens (tertiary/aromatic N) is 1. The molecule has 7 nitrogen and oxygen atoms in total. The molecule has 0 bridgehead atoms. The average Bonchev–Trinajstić information content (AvgIpc) is 2.48. The number of hydrogen-bond donors (Lipinski definition) is 2. The van der Waals surface area contributed by atoms with Gasteiger partial charge in [-0.1, -0.05) is 30.3 Å². The van der Waals surface area contributed by atoms with Crippen LogP contribution in [0.3, 0.4) is 0 Å². The molecule has 0 aliphatic rings. The van der Waals surface area contributed by atoms with E-state index < -0.39 is 16.9 Å². The summed E-state index contributed by atoms with van der Waals surface area (Å²) >= 11 is 0. The van der Waals surface area contributed by atoms with Crippen molar-refractivity contribution in [2.75, 3.05) is 0 Å². The lowest BCUT2D eigenvalue weighted by molar-refractivity contribution is -0.385. The van der Waals surface area contributed by atoms with Gasteiger partial charge in [0.25, 0.3) is 5.69 Å². The standard InChI is InChI=1S/C7H5NO4.C7H6O2/c9-7(10)5-3-1-2-4-6(5)8(11)12;8-7(9)6-4-2-1-3-5-6/h1-4H,(H,9,10);1-5H,(H,8,9). The maximum atomic E-state index is 10.4. The number of carboxylic acid groups (broad SMARTS) is 2. The first-order chi connectivity index (χ1) is 9.93. The third-order valence-electron chi connectivity index (χ3n) is 2.35. The summed E-state index contributed by atoms with van der Waals surface area (Å²) in [6.45, 7) is 0. The number of hydrogen-bond acceptors (Lipinski definition) is 4. The van der Waals surface area contributed by atoms with Crippen molar-refractivity contribution < 1.29 is 24.7 Å². The molecule has 0 saturated heterocycles. The maximum Gasteiger partial charge on any atom is 0.342 e. The highest BCUT2D eigenvalue weighted by Gasteiger charge is 2.17. The minimum Gasteiger partial charge on any atom is -0.478 e. The second-order valence-corrected chi connectivity index (χ2v) is 3.75. The van der Waals surface area contributed by atoms with E-state index in [1.165, 1.54) is 18.2 Å². The second kappa shape index (κ2) is 7.39. The fourth-order valence-electron chi connectivity index (χ4n) is 1.39. The van der Waals surface area contributed by atoms with Crippen LogP contribution in [0.4, 0.5) is 5.69 Å². The van der Waals surface area contributed by atoms with Gasteiger partial charge in [-0.15, -0.1) is 0 Å². The van der Waals surface area contributed by atoms with E-state index in [4.69, 9.17) is 10.2 Å². The van der Waals surface area contributed by atoms with Gasteiger partial charge in [-0.2, -0.15) is 0 Å². The van der Waals surface area contributed by atoms with Crippen LogP contribution in [0.1, 0.15) is 20.7 Å². The summed E-state index contributed by atoms with van der Waals surface area (Å²) in [4.78, 5) is 30.2. The topological polar surface area (TPSA) is 118 Å². The predicted octanol–water partition coefficient (Wildman–Crippen LogP) is 2.68. The lowest BCUT2D eigenvalue weighted by Gasteiger charge is -1.94. The van der Waals surface area contributed by atoms with Gasteiger partial charge in [0.05, 0.1) is 10.5 Å². The van der Waals surface area contributed by atoms with Crippen LogP contribution in [0.15, 0.2) is 54.6 Å². The number of nitro groups is 1. The van der Waals surface area contributed by atoms with E-state index in [-0.39, 0.29) is 11.3 Å². The molecule has 0 aromatic heterocycles. The van der Waals surface area contributed by atoms with Gasteiger partial charge in [0, 0.05) is 6.07 Å². The van der Waals surface area contributed by atoms with Crippen molar-refractivity contribution >= 4 is 17.6 Å². The number of nitro benzene ring substituents is 1. The van der Waals surface area contributed by atoms with E-state index in [2.05, 4.69) is 0 Å². The highest BCUT2D eigenvalue weighted by molar-refractivity contribution is 5.92. The molecule has 0 heterocycles. The summed E-state index contributed by atoms with van der Waals surface area (Å²) in [5, 5.41) is 27.2. The molecule has 21 heavy (non-hydrogen) atoms. The Morgan fingerprint density at radius 2 is 1.38 bits per heavy atom. The number of rotatable bonds is 3. The number of benzene rings is 2. The van der Waals surface area contributed by atoms with Crippen molar-refractivity contribution in [3.63, 3.8) is 0 Å². The Labute approximate surface area is 119 Å². The fourth-order valence-corrected chi connectivity index (χ4v) is 1.39. The third kappa shape index (κ3) is 4.75. The molecule has 2 aromatic rings. The Bertz CT molecular complexity index is 621. The van der Waals surface area contributed by atoms with Crippen LogP contribution < -0.4 is 0 Å². The van der Waals surface area contributed by atoms with Crippen LogP contribution in [-0.2, 0) is 0 Å². The molecule has 0 radical (unpaired) electrons. The number of carboxylic acids is 2. The van der Waals surface area contributed by atoms with Gasteiger partial charge in [-0.3, -0.25) is 10.1 Å². The van der Waals surface area contributed by atoms with Gasteiger partial charge in [-0.25, -0.2) is 9.59 Å². The molecule has 7 heteroatoms. The summed E-state index contributed by atoms with van der Waals surface area (Å²) in [6.07, 6.45) is 0. The van der Waals surface area contributed by atoms with Gasteiger partial charge in [-0.05, 0) is 18.2 Å². The molecule has 0 aliphatic heterocycles. The van der Waals surface area contributed by atoms with Crippen molar-refractivity contribution in [1.29, 1.82) is 0 Å². The Morgan fingerprint density at radius 3 is 1.76 bits per heavy atom. The molecule has 0 saturated carbocycles. The molecule has 0 amide bonds. The highest BCUT2D eigenvalue weighted by Crippen LogP contribution is 2.16. The first kappa shape index (κ1) is 15.8. The van der Waals surface area contributed by atoms with E-state index >= 15 is 0 Å². The van der Waals surface area contributed by atoms with E-state index in [0.29, 0.717) is 5.56 Å². The molecule has 0 spiro atoms. The molecule has 108 valence electrons. The largest absolute Gasteiger partial charge is 0.478 e. The van der Waals surface area contributed by atoms with Gasteiger partial charge >= 0.3 is 11.9 Å². The Morgan fingerprint density at radius 1 is 0.857 bits per heavy atom. The van der Waals surface area contributed by atoms with Crippen LogP contribution >= 0.6 is 0 Å². The van der Waals surface area contributed by atoms with Crippen LogP contribution in [0.25, 0.3) is 0 Å². The predicted molar refractivity (Wildman–Crippen MR) is 73.5 cm³/mol. The van der Waals surface area contributed by atoms with Crippen molar-refractivity contribution in [2.45, 2.75) is 0 Å². The summed E-state index contributed by atoms with van der Waals surface area (Å²) in [5.74, 6) is -2.17. The molecule has 2 N–H and O–H groups in total. The minimum atomic E-state index is -1.29.